The zero-order valence-electron chi connectivity index (χ0n) is 24.1. The van der Waals surface area contributed by atoms with Crippen LogP contribution in [0.15, 0.2) is 91.0 Å². The number of benzene rings is 3. The van der Waals surface area contributed by atoms with Crippen molar-refractivity contribution < 1.29 is 9.59 Å². The van der Waals surface area contributed by atoms with E-state index in [1.165, 1.54) is 11.1 Å². The highest BCUT2D eigenvalue weighted by molar-refractivity contribution is 6.30. The predicted octanol–water partition coefficient (Wildman–Crippen LogP) is 5.25. The van der Waals surface area contributed by atoms with E-state index in [0.717, 1.165) is 5.56 Å². The van der Waals surface area contributed by atoms with Crippen LogP contribution in [0.3, 0.4) is 0 Å². The maximum Gasteiger partial charge on any atom is 0.244 e. The fourth-order valence-corrected chi connectivity index (χ4v) is 5.57. The molecule has 7 heteroatoms. The molecule has 0 aliphatic carbocycles. The van der Waals surface area contributed by atoms with Gasteiger partial charge in [-0.05, 0) is 75.2 Å². The first kappa shape index (κ1) is 30.5. The van der Waals surface area contributed by atoms with Crippen LogP contribution in [0.4, 0.5) is 0 Å². The average molecular weight is 573 g/mol. The van der Waals surface area contributed by atoms with Crippen molar-refractivity contribution in [1.82, 2.24) is 20.9 Å². The lowest BCUT2D eigenvalue weighted by Crippen LogP contribution is -2.60. The van der Waals surface area contributed by atoms with Crippen LogP contribution in [0.25, 0.3) is 6.08 Å². The number of nitrogens with one attached hydrogen (secondary N) is 3. The number of amides is 2. The lowest BCUT2D eigenvalue weighted by Gasteiger charge is -2.36. The summed E-state index contributed by atoms with van der Waals surface area (Å²) in [6.45, 7) is 5.94. The Labute approximate surface area is 249 Å². The summed E-state index contributed by atoms with van der Waals surface area (Å²) < 4.78 is 0. The van der Waals surface area contributed by atoms with Crippen molar-refractivity contribution in [1.29, 1.82) is 0 Å². The molecule has 3 N–H and O–H groups in total. The van der Waals surface area contributed by atoms with Gasteiger partial charge in [-0.1, -0.05) is 84.4 Å². The van der Waals surface area contributed by atoms with E-state index in [1.807, 2.05) is 50.1 Å². The third-order valence-electron chi connectivity index (χ3n) is 7.80. The van der Waals surface area contributed by atoms with Crippen LogP contribution < -0.4 is 16.0 Å². The summed E-state index contributed by atoms with van der Waals surface area (Å²) in [6.07, 6.45) is 4.69. The van der Waals surface area contributed by atoms with Crippen molar-refractivity contribution in [3.05, 3.63) is 113 Å². The van der Waals surface area contributed by atoms with Crippen LogP contribution in [0.1, 0.15) is 49.3 Å². The minimum absolute atomic E-state index is 0.0635. The molecule has 2 unspecified atom stereocenters. The zero-order valence-corrected chi connectivity index (χ0v) is 24.9. The van der Waals surface area contributed by atoms with Gasteiger partial charge in [0.05, 0.1) is 11.6 Å². The first-order valence-corrected chi connectivity index (χ1v) is 14.7. The van der Waals surface area contributed by atoms with Crippen LogP contribution in [-0.4, -0.2) is 61.0 Å². The van der Waals surface area contributed by atoms with E-state index < -0.39 is 5.54 Å². The maximum absolute atomic E-state index is 14.0. The summed E-state index contributed by atoms with van der Waals surface area (Å²) in [4.78, 5) is 28.9. The van der Waals surface area contributed by atoms with E-state index in [-0.39, 0.29) is 29.8 Å². The molecule has 216 valence electrons. The molecule has 4 rings (SSSR count). The molecule has 0 bridgehead atoms. The monoisotopic (exact) mass is 572 g/mol. The largest absolute Gasteiger partial charge is 0.346 e. The molecule has 6 nitrogen and oxygen atoms in total. The number of rotatable bonds is 11. The van der Waals surface area contributed by atoms with Crippen molar-refractivity contribution in [2.75, 3.05) is 26.7 Å². The predicted molar refractivity (Wildman–Crippen MR) is 168 cm³/mol. The van der Waals surface area contributed by atoms with Crippen molar-refractivity contribution in [2.45, 2.75) is 50.2 Å². The zero-order chi connectivity index (χ0) is 29.2. The molecular weight excluding hydrogens is 532 g/mol. The molecule has 0 aromatic heterocycles. The number of carbonyl (C=O) groups excluding carboxylic acids is 2. The number of hydrogen-bond acceptors (Lipinski definition) is 4. The third-order valence-corrected chi connectivity index (χ3v) is 8.06. The Morgan fingerprint density at radius 2 is 1.63 bits per heavy atom. The standard InChI is InChI=1S/C34H41ClN4O2/c1-34(2,38-32(40)19-16-25-14-17-28(35)18-15-25)31-21-23-39(33(41)30(37-31)20-22-36-3)24-29(26-10-6-4-7-11-26)27-12-8-5-9-13-27/h4-19,29-31,36-37H,20-24H2,1-3H3,(H,38,40)/b19-16+. The van der Waals surface area contributed by atoms with Gasteiger partial charge in [-0.25, -0.2) is 0 Å². The van der Waals surface area contributed by atoms with Crippen LogP contribution in [0.2, 0.25) is 5.02 Å². The Balaban J connectivity index is 1.52. The molecule has 0 radical (unpaired) electrons. The SMILES string of the molecule is CNCCC1NC(C(C)(C)NC(=O)/C=C/c2ccc(Cl)cc2)CCN(CC(c2ccccc2)c2ccccc2)C1=O. The van der Waals surface area contributed by atoms with Gasteiger partial charge in [0.15, 0.2) is 0 Å². The van der Waals surface area contributed by atoms with Gasteiger partial charge >= 0.3 is 0 Å². The Kier molecular flexibility index (Phi) is 10.7. The summed E-state index contributed by atoms with van der Waals surface area (Å²) in [6, 6.07) is 27.7. The van der Waals surface area contributed by atoms with E-state index >= 15 is 0 Å². The van der Waals surface area contributed by atoms with E-state index in [1.54, 1.807) is 24.3 Å². The van der Waals surface area contributed by atoms with Crippen molar-refractivity contribution in [2.24, 2.45) is 0 Å². The lowest BCUT2D eigenvalue weighted by molar-refractivity contribution is -0.133. The summed E-state index contributed by atoms with van der Waals surface area (Å²) >= 11 is 5.97. The van der Waals surface area contributed by atoms with Gasteiger partial charge in [0.1, 0.15) is 0 Å². The van der Waals surface area contributed by atoms with E-state index in [0.29, 0.717) is 37.5 Å². The van der Waals surface area contributed by atoms with Crippen molar-refractivity contribution in [3.63, 3.8) is 0 Å². The normalized spacial score (nSPS) is 18.1. The van der Waals surface area contributed by atoms with Crippen LogP contribution in [-0.2, 0) is 9.59 Å². The Morgan fingerprint density at radius 1 is 1.02 bits per heavy atom. The second-order valence-electron chi connectivity index (χ2n) is 11.2. The average Bonchev–Trinajstić information content (AvgIpc) is 3.14. The molecule has 1 aliphatic heterocycles. The van der Waals surface area contributed by atoms with Gasteiger partial charge in [0.2, 0.25) is 11.8 Å². The Bertz CT molecular complexity index is 1260. The van der Waals surface area contributed by atoms with Gasteiger partial charge in [-0.15, -0.1) is 0 Å². The second-order valence-corrected chi connectivity index (χ2v) is 11.6. The summed E-state index contributed by atoms with van der Waals surface area (Å²) in [7, 11) is 1.90. The smallest absolute Gasteiger partial charge is 0.244 e. The highest BCUT2D eigenvalue weighted by atomic mass is 35.5. The van der Waals surface area contributed by atoms with Gasteiger partial charge in [0.25, 0.3) is 0 Å². The minimum Gasteiger partial charge on any atom is -0.346 e. The summed E-state index contributed by atoms with van der Waals surface area (Å²) in [5.74, 6) is -0.0166. The lowest BCUT2D eigenvalue weighted by atomic mass is 9.90. The fraction of sp³-hybridized carbons (Fsp3) is 0.353. The highest BCUT2D eigenvalue weighted by Gasteiger charge is 2.38. The Hall–Kier alpha value is -3.45. The number of carbonyl (C=O) groups is 2. The molecule has 1 heterocycles. The highest BCUT2D eigenvalue weighted by Crippen LogP contribution is 2.28. The van der Waals surface area contributed by atoms with Crippen molar-refractivity contribution in [3.8, 4) is 0 Å². The first-order chi connectivity index (χ1) is 19.8. The number of halogens is 1. The molecule has 0 saturated carbocycles. The molecule has 2 amide bonds. The summed E-state index contributed by atoms with van der Waals surface area (Å²) in [5, 5.41) is 10.6. The third kappa shape index (κ3) is 8.52. The fourth-order valence-electron chi connectivity index (χ4n) is 5.45. The molecular formula is C34H41ClN4O2. The molecule has 1 saturated heterocycles. The van der Waals surface area contributed by atoms with Gasteiger partial charge in [-0.3, -0.25) is 9.59 Å². The van der Waals surface area contributed by atoms with Gasteiger partial charge < -0.3 is 20.9 Å². The Morgan fingerprint density at radius 3 is 2.22 bits per heavy atom. The van der Waals surface area contributed by atoms with Crippen molar-refractivity contribution >= 4 is 29.5 Å². The second kappa shape index (κ2) is 14.4. The van der Waals surface area contributed by atoms with Gasteiger partial charge in [0, 0.05) is 36.1 Å². The molecule has 2 atom stereocenters. The summed E-state index contributed by atoms with van der Waals surface area (Å²) in [5.41, 5.74) is 2.68. The van der Waals surface area contributed by atoms with E-state index in [4.69, 9.17) is 11.6 Å². The molecule has 41 heavy (non-hydrogen) atoms. The molecule has 0 spiro atoms. The first-order valence-electron chi connectivity index (χ1n) is 14.3. The number of nitrogens with zero attached hydrogens (tertiary/aromatic N) is 1. The van der Waals surface area contributed by atoms with Crippen LogP contribution in [0, 0.1) is 0 Å². The van der Waals surface area contributed by atoms with Crippen LogP contribution in [0.5, 0.6) is 0 Å². The molecule has 3 aromatic rings. The topological polar surface area (TPSA) is 73.5 Å². The maximum atomic E-state index is 14.0. The molecule has 1 aliphatic rings. The molecule has 3 aromatic carbocycles. The van der Waals surface area contributed by atoms with Gasteiger partial charge in [-0.2, -0.15) is 0 Å². The number of hydrogen-bond donors (Lipinski definition) is 3. The quantitative estimate of drug-likeness (QED) is 0.274. The van der Waals surface area contributed by atoms with E-state index in [2.05, 4.69) is 64.5 Å². The minimum atomic E-state index is -0.589. The van der Waals surface area contributed by atoms with Crippen LogP contribution >= 0.6 is 11.6 Å². The molecule has 1 fully saturated rings. The van der Waals surface area contributed by atoms with E-state index in [9.17, 15) is 9.59 Å².